The normalized spacial score (nSPS) is 12.8. The van der Waals surface area contributed by atoms with Gasteiger partial charge >= 0.3 is 6.09 Å². The number of rotatable bonds is 5. The minimum atomic E-state index is -0.509. The van der Waals surface area contributed by atoms with Crippen molar-refractivity contribution in [2.45, 2.75) is 38.8 Å². The first-order chi connectivity index (χ1) is 8.90. The molecule has 1 N–H and O–H groups in total. The number of pyridine rings is 1. The Hall–Kier alpha value is -0.890. The van der Waals surface area contributed by atoms with Crippen molar-refractivity contribution >= 4 is 29.1 Å². The number of carbonyl (C=O) groups is 1. The Balaban J connectivity index is 2.55. The molecule has 0 saturated heterocycles. The Morgan fingerprint density at radius 2 is 2.21 bits per heavy atom. The second-order valence-electron chi connectivity index (χ2n) is 5.14. The minimum absolute atomic E-state index is 0.165. The maximum atomic E-state index is 11.7. The highest BCUT2D eigenvalue weighted by atomic mass is 127. The Morgan fingerprint density at radius 3 is 2.74 bits per heavy atom. The van der Waals surface area contributed by atoms with Crippen LogP contribution in [-0.4, -0.2) is 29.3 Å². The summed E-state index contributed by atoms with van der Waals surface area (Å²) in [4.78, 5) is 16.0. The molecular weight excluding hydrogens is 359 g/mol. The van der Waals surface area contributed by atoms with Gasteiger partial charge in [-0.2, -0.15) is 0 Å². The molecule has 0 aromatic carbocycles. The van der Waals surface area contributed by atoms with E-state index < -0.39 is 11.7 Å². The van der Waals surface area contributed by atoms with Crippen LogP contribution in [-0.2, 0) is 14.2 Å². The van der Waals surface area contributed by atoms with E-state index in [1.807, 2.05) is 62.0 Å². The number of ether oxygens (including phenoxy) is 1. The van der Waals surface area contributed by atoms with Crippen LogP contribution in [0.2, 0.25) is 0 Å². The molecule has 0 bridgehead atoms. The van der Waals surface area contributed by atoms with Crippen molar-refractivity contribution in [3.8, 4) is 0 Å². The summed E-state index contributed by atoms with van der Waals surface area (Å²) in [6, 6.07) is 5.52. The highest BCUT2D eigenvalue weighted by molar-refractivity contribution is 14.1. The summed E-state index contributed by atoms with van der Waals surface area (Å²) in [6.45, 7) is 5.88. The maximum Gasteiger partial charge on any atom is 0.407 e. The van der Waals surface area contributed by atoms with Crippen molar-refractivity contribution in [3.63, 3.8) is 0 Å². The third-order valence-electron chi connectivity index (χ3n) is 2.17. The molecule has 0 radical (unpaired) electrons. The van der Waals surface area contributed by atoms with Gasteiger partial charge in [0.05, 0.1) is 12.6 Å². The predicted molar refractivity (Wildman–Crippen MR) is 81.1 cm³/mol. The van der Waals surface area contributed by atoms with Crippen LogP contribution in [0.25, 0.3) is 0 Å². The number of halogens is 1. The highest BCUT2D eigenvalue weighted by Gasteiger charge is 2.20. The fraction of sp³-hybridized carbons (Fsp3) is 0.538. The molecule has 1 aromatic heterocycles. The first kappa shape index (κ1) is 16.2. The molecule has 5 nitrogen and oxygen atoms in total. The predicted octanol–water partition coefficient (Wildman–Crippen LogP) is 2.88. The number of aromatic nitrogens is 1. The zero-order valence-electron chi connectivity index (χ0n) is 11.4. The lowest BCUT2D eigenvalue weighted by Crippen LogP contribution is -2.42. The number of carbonyl (C=O) groups excluding carboxylic acids is 1. The van der Waals surface area contributed by atoms with Gasteiger partial charge in [-0.05, 0) is 32.9 Å². The molecule has 1 amide bonds. The Kier molecular flexibility index (Phi) is 6.50. The van der Waals surface area contributed by atoms with Gasteiger partial charge in [0.15, 0.2) is 0 Å². The SMILES string of the molecule is CC(C)(C)OC(=O)N[C@H](COI)Cc1ccccn1. The van der Waals surface area contributed by atoms with Crippen molar-refractivity contribution in [1.29, 1.82) is 0 Å². The molecule has 0 spiro atoms. The van der Waals surface area contributed by atoms with E-state index in [9.17, 15) is 4.79 Å². The lowest BCUT2D eigenvalue weighted by Gasteiger charge is -2.23. The Bertz CT molecular complexity index is 393. The largest absolute Gasteiger partial charge is 0.444 e. The molecule has 106 valence electrons. The average Bonchev–Trinajstić information content (AvgIpc) is 2.27. The van der Waals surface area contributed by atoms with E-state index in [1.165, 1.54) is 0 Å². The molecule has 1 atom stereocenters. The molecule has 0 unspecified atom stereocenters. The van der Waals surface area contributed by atoms with Crippen molar-refractivity contribution in [1.82, 2.24) is 10.3 Å². The van der Waals surface area contributed by atoms with E-state index in [-0.39, 0.29) is 6.04 Å². The van der Waals surface area contributed by atoms with Gasteiger partial charge in [0, 0.05) is 18.3 Å². The first-order valence-electron chi connectivity index (χ1n) is 6.03. The molecule has 0 saturated carbocycles. The molecule has 0 aliphatic heterocycles. The van der Waals surface area contributed by atoms with Gasteiger partial charge in [0.2, 0.25) is 0 Å². The minimum Gasteiger partial charge on any atom is -0.444 e. The van der Waals surface area contributed by atoms with Crippen molar-refractivity contribution < 1.29 is 12.6 Å². The summed E-state index contributed by atoms with van der Waals surface area (Å²) in [5.74, 6) is 0. The molecule has 0 fully saturated rings. The molecule has 0 aliphatic carbocycles. The molecule has 1 aromatic rings. The van der Waals surface area contributed by atoms with Gasteiger partial charge in [0.25, 0.3) is 0 Å². The van der Waals surface area contributed by atoms with Crippen LogP contribution >= 0.6 is 23.0 Å². The van der Waals surface area contributed by atoms with Gasteiger partial charge in [0.1, 0.15) is 28.6 Å². The van der Waals surface area contributed by atoms with E-state index in [1.54, 1.807) is 6.20 Å². The molecule has 1 heterocycles. The molecular formula is C13H19IN2O3. The summed E-state index contributed by atoms with van der Waals surface area (Å²) < 4.78 is 10.3. The van der Waals surface area contributed by atoms with Crippen LogP contribution in [0, 0.1) is 0 Å². The van der Waals surface area contributed by atoms with Gasteiger partial charge < -0.3 is 13.1 Å². The van der Waals surface area contributed by atoms with Crippen molar-refractivity contribution in [3.05, 3.63) is 30.1 Å². The third kappa shape index (κ3) is 7.31. The zero-order chi connectivity index (χ0) is 14.3. The second kappa shape index (κ2) is 7.64. The number of nitrogens with one attached hydrogen (secondary N) is 1. The summed E-state index contributed by atoms with van der Waals surface area (Å²) in [5.41, 5.74) is 0.391. The standard InChI is InChI=1S/C13H19IN2O3/c1-13(2,3)19-12(17)16-11(9-18-14)8-10-6-4-5-7-15-10/h4-7,11H,8-9H2,1-3H3,(H,16,17)/t11-/m0/s1. The summed E-state index contributed by atoms with van der Waals surface area (Å²) in [6.07, 6.45) is 1.88. The van der Waals surface area contributed by atoms with Crippen LogP contribution in [0.15, 0.2) is 24.4 Å². The van der Waals surface area contributed by atoms with E-state index in [2.05, 4.69) is 10.3 Å². The quantitative estimate of drug-likeness (QED) is 0.801. The van der Waals surface area contributed by atoms with Gasteiger partial charge in [-0.3, -0.25) is 4.98 Å². The highest BCUT2D eigenvalue weighted by Crippen LogP contribution is 2.08. The molecule has 1 rings (SSSR count). The number of nitrogens with zero attached hydrogens (tertiary/aromatic N) is 1. The molecule has 6 heteroatoms. The average molecular weight is 378 g/mol. The van der Waals surface area contributed by atoms with E-state index in [0.717, 1.165) is 5.69 Å². The van der Waals surface area contributed by atoms with Crippen LogP contribution < -0.4 is 5.32 Å². The number of amides is 1. The van der Waals surface area contributed by atoms with Gasteiger partial charge in [-0.15, -0.1) is 0 Å². The van der Waals surface area contributed by atoms with Crippen molar-refractivity contribution in [2.24, 2.45) is 0 Å². The second-order valence-corrected chi connectivity index (χ2v) is 5.77. The smallest absolute Gasteiger partial charge is 0.407 e. The topological polar surface area (TPSA) is 60.5 Å². The lowest BCUT2D eigenvalue weighted by molar-refractivity contribution is 0.0493. The number of hydrogen-bond donors (Lipinski definition) is 1. The zero-order valence-corrected chi connectivity index (χ0v) is 13.5. The number of alkyl carbamates (subject to hydrolysis) is 1. The number of hydrogen-bond acceptors (Lipinski definition) is 4. The molecule has 19 heavy (non-hydrogen) atoms. The summed E-state index contributed by atoms with van der Waals surface area (Å²) in [7, 11) is 0. The summed E-state index contributed by atoms with van der Waals surface area (Å²) in [5, 5.41) is 2.79. The fourth-order valence-corrected chi connectivity index (χ4v) is 1.91. The van der Waals surface area contributed by atoms with E-state index in [4.69, 9.17) is 7.80 Å². The van der Waals surface area contributed by atoms with Crippen LogP contribution in [0.3, 0.4) is 0 Å². The van der Waals surface area contributed by atoms with Gasteiger partial charge in [-0.1, -0.05) is 6.07 Å². The monoisotopic (exact) mass is 378 g/mol. The van der Waals surface area contributed by atoms with E-state index >= 15 is 0 Å². The van der Waals surface area contributed by atoms with Crippen LogP contribution in [0.5, 0.6) is 0 Å². The lowest BCUT2D eigenvalue weighted by atomic mass is 10.1. The third-order valence-corrected chi connectivity index (χ3v) is 2.53. The Morgan fingerprint density at radius 1 is 1.47 bits per heavy atom. The van der Waals surface area contributed by atoms with Crippen LogP contribution in [0.1, 0.15) is 26.5 Å². The fourth-order valence-electron chi connectivity index (χ4n) is 1.47. The Labute approximate surface area is 127 Å². The van der Waals surface area contributed by atoms with Crippen LogP contribution in [0.4, 0.5) is 4.79 Å². The summed E-state index contributed by atoms with van der Waals surface area (Å²) >= 11 is 1.81. The molecule has 0 aliphatic rings. The van der Waals surface area contributed by atoms with Crippen molar-refractivity contribution in [2.75, 3.05) is 6.61 Å². The van der Waals surface area contributed by atoms with Gasteiger partial charge in [-0.25, -0.2) is 4.79 Å². The first-order valence-corrected chi connectivity index (χ1v) is 6.92. The van der Waals surface area contributed by atoms with E-state index in [0.29, 0.717) is 13.0 Å². The maximum absolute atomic E-state index is 11.7.